The van der Waals surface area contributed by atoms with Crippen molar-refractivity contribution in [3.8, 4) is 5.69 Å². The van der Waals surface area contributed by atoms with E-state index in [1.54, 1.807) is 11.0 Å². The number of benzene rings is 1. The molecule has 3 aromatic rings. The molecule has 0 radical (unpaired) electrons. The number of halogens is 2. The number of hydrogen-bond donors (Lipinski definition) is 1. The quantitative estimate of drug-likeness (QED) is 0.736. The van der Waals surface area contributed by atoms with E-state index in [1.807, 2.05) is 24.3 Å². The van der Waals surface area contributed by atoms with Crippen molar-refractivity contribution in [3.05, 3.63) is 70.5 Å². The molecule has 2 heterocycles. The molecule has 0 aliphatic rings. The van der Waals surface area contributed by atoms with Gasteiger partial charge in [0.05, 0.1) is 5.69 Å². The molecule has 0 saturated heterocycles. The zero-order valence-electron chi connectivity index (χ0n) is 11.8. The molecular formula is C15H11Cl2N5O. The largest absolute Gasteiger partial charge is 0.348 e. The summed E-state index contributed by atoms with van der Waals surface area (Å²) >= 11 is 11.6. The molecule has 1 N–H and O–H groups in total. The predicted molar refractivity (Wildman–Crippen MR) is 86.8 cm³/mol. The first kappa shape index (κ1) is 15.5. The lowest BCUT2D eigenvalue weighted by molar-refractivity contribution is 0.0951. The third kappa shape index (κ3) is 3.85. The van der Waals surface area contributed by atoms with Gasteiger partial charge in [-0.2, -0.15) is 5.10 Å². The summed E-state index contributed by atoms with van der Waals surface area (Å²) in [6, 6.07) is 10.5. The van der Waals surface area contributed by atoms with Gasteiger partial charge in [0.25, 0.3) is 5.91 Å². The lowest BCUT2D eigenvalue weighted by Crippen LogP contribution is -2.22. The molecule has 0 saturated carbocycles. The van der Waals surface area contributed by atoms with E-state index in [-0.39, 0.29) is 16.2 Å². The smallest absolute Gasteiger partial charge is 0.251 e. The van der Waals surface area contributed by atoms with E-state index >= 15 is 0 Å². The highest BCUT2D eigenvalue weighted by atomic mass is 35.5. The van der Waals surface area contributed by atoms with Gasteiger partial charge in [0.15, 0.2) is 0 Å². The molecule has 0 atom stereocenters. The van der Waals surface area contributed by atoms with Crippen LogP contribution in [0, 0.1) is 0 Å². The van der Waals surface area contributed by atoms with Crippen molar-refractivity contribution in [3.63, 3.8) is 0 Å². The number of amides is 1. The van der Waals surface area contributed by atoms with E-state index in [0.717, 1.165) is 11.3 Å². The van der Waals surface area contributed by atoms with Crippen LogP contribution in [0.15, 0.2) is 49.1 Å². The van der Waals surface area contributed by atoms with E-state index < -0.39 is 0 Å². The zero-order valence-corrected chi connectivity index (χ0v) is 13.3. The van der Waals surface area contributed by atoms with Crippen molar-refractivity contribution in [2.75, 3.05) is 0 Å². The van der Waals surface area contributed by atoms with Gasteiger partial charge in [0.1, 0.15) is 23.0 Å². The van der Waals surface area contributed by atoms with E-state index in [1.165, 1.54) is 18.5 Å². The second-order valence-corrected chi connectivity index (χ2v) is 5.46. The average Bonchev–Trinajstić information content (AvgIpc) is 3.06. The van der Waals surface area contributed by atoms with E-state index in [4.69, 9.17) is 23.2 Å². The molecule has 116 valence electrons. The Bertz CT molecular complexity index is 798. The van der Waals surface area contributed by atoms with Crippen molar-refractivity contribution in [1.29, 1.82) is 0 Å². The average molecular weight is 348 g/mol. The summed E-state index contributed by atoms with van der Waals surface area (Å²) in [5.41, 5.74) is 2.22. The summed E-state index contributed by atoms with van der Waals surface area (Å²) in [6.45, 7) is 0.383. The predicted octanol–water partition coefficient (Wildman–Crippen LogP) is 2.90. The minimum absolute atomic E-state index is 0.180. The molecular weight excluding hydrogens is 337 g/mol. The Balaban J connectivity index is 1.65. The van der Waals surface area contributed by atoms with Crippen molar-refractivity contribution in [1.82, 2.24) is 25.1 Å². The van der Waals surface area contributed by atoms with Crippen LogP contribution in [0.5, 0.6) is 0 Å². The second kappa shape index (κ2) is 6.76. The fourth-order valence-corrected chi connectivity index (χ4v) is 2.45. The van der Waals surface area contributed by atoms with E-state index in [2.05, 4.69) is 20.4 Å². The van der Waals surface area contributed by atoms with Gasteiger partial charge in [-0.25, -0.2) is 14.6 Å². The Morgan fingerprint density at radius 1 is 1.13 bits per heavy atom. The Labute approximate surface area is 142 Å². The van der Waals surface area contributed by atoms with Gasteiger partial charge in [0, 0.05) is 12.1 Å². The lowest BCUT2D eigenvalue weighted by Gasteiger charge is -2.07. The Morgan fingerprint density at radius 3 is 2.43 bits per heavy atom. The normalized spacial score (nSPS) is 10.5. The third-order valence-electron chi connectivity index (χ3n) is 3.10. The van der Waals surface area contributed by atoms with E-state index in [0.29, 0.717) is 12.1 Å². The lowest BCUT2D eigenvalue weighted by atomic mass is 10.2. The Hall–Kier alpha value is -2.44. The molecule has 0 aliphatic carbocycles. The molecule has 2 aromatic heterocycles. The molecule has 23 heavy (non-hydrogen) atoms. The summed E-state index contributed by atoms with van der Waals surface area (Å²) in [5.74, 6) is -0.267. The second-order valence-electron chi connectivity index (χ2n) is 4.69. The van der Waals surface area contributed by atoms with Crippen molar-refractivity contribution in [2.24, 2.45) is 0 Å². The molecule has 1 amide bonds. The summed E-state index contributed by atoms with van der Waals surface area (Å²) in [4.78, 5) is 19.8. The minimum Gasteiger partial charge on any atom is -0.348 e. The van der Waals surface area contributed by atoms with Crippen LogP contribution >= 0.6 is 23.2 Å². The molecule has 1 aromatic carbocycles. The van der Waals surface area contributed by atoms with Crippen LogP contribution in [0.2, 0.25) is 10.3 Å². The van der Waals surface area contributed by atoms with Gasteiger partial charge < -0.3 is 5.32 Å². The molecule has 0 aliphatic heterocycles. The van der Waals surface area contributed by atoms with Crippen LogP contribution in [0.25, 0.3) is 5.69 Å². The van der Waals surface area contributed by atoms with Crippen LogP contribution in [0.4, 0.5) is 0 Å². The van der Waals surface area contributed by atoms with Crippen LogP contribution in [-0.2, 0) is 6.54 Å². The SMILES string of the molecule is O=C(NCc1ccc(-n2cncn2)cc1)c1cc(Cl)nc(Cl)c1. The number of rotatable bonds is 4. The standard InChI is InChI=1S/C15H11Cl2N5O/c16-13-5-11(6-14(17)21-13)15(23)19-7-10-1-3-12(4-2-10)22-9-18-8-20-22/h1-6,8-9H,7H2,(H,19,23). The highest BCUT2D eigenvalue weighted by molar-refractivity contribution is 6.33. The molecule has 3 rings (SSSR count). The fourth-order valence-electron chi connectivity index (χ4n) is 1.99. The third-order valence-corrected chi connectivity index (χ3v) is 3.48. The van der Waals surface area contributed by atoms with Gasteiger partial charge in [-0.05, 0) is 29.8 Å². The van der Waals surface area contributed by atoms with Gasteiger partial charge >= 0.3 is 0 Å². The molecule has 0 unspecified atom stereocenters. The van der Waals surface area contributed by atoms with Crippen molar-refractivity contribution >= 4 is 29.1 Å². The van der Waals surface area contributed by atoms with Gasteiger partial charge in [-0.3, -0.25) is 4.79 Å². The highest BCUT2D eigenvalue weighted by Gasteiger charge is 2.08. The molecule has 8 heteroatoms. The highest BCUT2D eigenvalue weighted by Crippen LogP contribution is 2.15. The molecule has 0 fully saturated rings. The van der Waals surface area contributed by atoms with Gasteiger partial charge in [-0.15, -0.1) is 0 Å². The van der Waals surface area contributed by atoms with Crippen LogP contribution < -0.4 is 5.32 Å². The fraction of sp³-hybridized carbons (Fsp3) is 0.0667. The minimum atomic E-state index is -0.267. The number of pyridine rings is 1. The first-order valence-electron chi connectivity index (χ1n) is 6.67. The van der Waals surface area contributed by atoms with E-state index in [9.17, 15) is 4.79 Å². The van der Waals surface area contributed by atoms with Crippen molar-refractivity contribution in [2.45, 2.75) is 6.54 Å². The summed E-state index contributed by atoms with van der Waals surface area (Å²) in [5, 5.41) is 7.22. The van der Waals surface area contributed by atoms with Crippen molar-refractivity contribution < 1.29 is 4.79 Å². The number of carbonyl (C=O) groups is 1. The maximum absolute atomic E-state index is 12.1. The van der Waals surface area contributed by atoms with Gasteiger partial charge in [0.2, 0.25) is 0 Å². The maximum Gasteiger partial charge on any atom is 0.251 e. The Kier molecular flexibility index (Phi) is 4.55. The molecule has 0 spiro atoms. The van der Waals surface area contributed by atoms with Crippen LogP contribution in [-0.4, -0.2) is 25.7 Å². The number of nitrogens with one attached hydrogen (secondary N) is 1. The molecule has 0 bridgehead atoms. The summed E-state index contributed by atoms with van der Waals surface area (Å²) in [7, 11) is 0. The van der Waals surface area contributed by atoms with Crippen LogP contribution in [0.3, 0.4) is 0 Å². The monoisotopic (exact) mass is 347 g/mol. The number of hydrogen-bond acceptors (Lipinski definition) is 4. The maximum atomic E-state index is 12.1. The Morgan fingerprint density at radius 2 is 1.83 bits per heavy atom. The first-order chi connectivity index (χ1) is 11.1. The topological polar surface area (TPSA) is 72.7 Å². The van der Waals surface area contributed by atoms with Gasteiger partial charge in [-0.1, -0.05) is 35.3 Å². The number of nitrogens with zero attached hydrogens (tertiary/aromatic N) is 4. The molecule has 6 nitrogen and oxygen atoms in total. The zero-order chi connectivity index (χ0) is 16.2. The number of aromatic nitrogens is 4. The summed E-state index contributed by atoms with van der Waals surface area (Å²) in [6.07, 6.45) is 3.09. The summed E-state index contributed by atoms with van der Waals surface area (Å²) < 4.78 is 1.66. The van der Waals surface area contributed by atoms with Crippen LogP contribution in [0.1, 0.15) is 15.9 Å². The first-order valence-corrected chi connectivity index (χ1v) is 7.42. The number of carbonyl (C=O) groups excluding carboxylic acids is 1.